The summed E-state index contributed by atoms with van der Waals surface area (Å²) in [7, 11) is 4.59. The number of nitrogens with one attached hydrogen (secondary N) is 1. The van der Waals surface area contributed by atoms with E-state index in [0.717, 1.165) is 21.9 Å². The number of rotatable bonds is 7. The van der Waals surface area contributed by atoms with Crippen molar-refractivity contribution in [2.75, 3.05) is 18.2 Å². The van der Waals surface area contributed by atoms with Gasteiger partial charge in [-0.15, -0.1) is 10.2 Å². The van der Waals surface area contributed by atoms with E-state index in [4.69, 9.17) is 16.3 Å². The molecular formula is C24H22ClN7O4S. The molecule has 13 heteroatoms. The van der Waals surface area contributed by atoms with Gasteiger partial charge in [-0.25, -0.2) is 9.20 Å². The zero-order valence-electron chi connectivity index (χ0n) is 20.1. The Kier molecular flexibility index (Phi) is 6.52. The van der Waals surface area contributed by atoms with Gasteiger partial charge in [0.15, 0.2) is 16.3 Å². The lowest BCUT2D eigenvalue weighted by molar-refractivity contribution is -0.113. The smallest absolute Gasteiger partial charge is 0.332 e. The van der Waals surface area contributed by atoms with Crippen LogP contribution in [0.1, 0.15) is 5.56 Å². The summed E-state index contributed by atoms with van der Waals surface area (Å²) < 4.78 is 10.9. The summed E-state index contributed by atoms with van der Waals surface area (Å²) in [6.45, 7) is 0.304. The SMILES string of the molecule is COc1ccc(NC(=O)CSc2nnc3n(Cc4ccc(Cl)cc4)c4c(=O)n(C)c(=O)n(C)c4n23)cc1. The van der Waals surface area contributed by atoms with Crippen LogP contribution < -0.4 is 21.3 Å². The summed E-state index contributed by atoms with van der Waals surface area (Å²) in [6.07, 6.45) is 0. The van der Waals surface area contributed by atoms with Gasteiger partial charge in [-0.05, 0) is 42.0 Å². The lowest BCUT2D eigenvalue weighted by atomic mass is 10.2. The van der Waals surface area contributed by atoms with Crippen LogP contribution in [0.15, 0.2) is 63.3 Å². The third kappa shape index (κ3) is 4.49. The van der Waals surface area contributed by atoms with Crippen molar-refractivity contribution in [2.45, 2.75) is 11.7 Å². The van der Waals surface area contributed by atoms with Crippen molar-refractivity contribution < 1.29 is 9.53 Å². The van der Waals surface area contributed by atoms with Crippen molar-refractivity contribution in [3.05, 3.63) is 80.0 Å². The number of halogens is 1. The maximum Gasteiger partial charge on any atom is 0.332 e. The first-order valence-corrected chi connectivity index (χ1v) is 12.5. The van der Waals surface area contributed by atoms with Crippen molar-refractivity contribution in [2.24, 2.45) is 14.1 Å². The molecule has 0 aliphatic carbocycles. The number of methoxy groups -OCH3 is 1. The van der Waals surface area contributed by atoms with Crippen LogP contribution in [0, 0.1) is 0 Å². The molecule has 5 aromatic rings. The zero-order chi connectivity index (χ0) is 26.3. The number of imidazole rings is 1. The number of benzene rings is 2. The van der Waals surface area contributed by atoms with Crippen molar-refractivity contribution in [1.82, 2.24) is 28.3 Å². The lowest BCUT2D eigenvalue weighted by Crippen LogP contribution is -2.37. The highest BCUT2D eigenvalue weighted by atomic mass is 35.5. The normalized spacial score (nSPS) is 11.4. The van der Waals surface area contributed by atoms with Crippen molar-refractivity contribution in [1.29, 1.82) is 0 Å². The molecule has 0 spiro atoms. The Balaban J connectivity index is 1.53. The molecule has 2 aromatic carbocycles. The Morgan fingerprint density at radius 1 is 1.03 bits per heavy atom. The van der Waals surface area contributed by atoms with Crippen LogP contribution in [0.3, 0.4) is 0 Å². The summed E-state index contributed by atoms with van der Waals surface area (Å²) in [4.78, 5) is 38.6. The predicted octanol–water partition coefficient (Wildman–Crippen LogP) is 2.52. The molecule has 0 unspecified atom stereocenters. The van der Waals surface area contributed by atoms with E-state index in [9.17, 15) is 14.4 Å². The van der Waals surface area contributed by atoms with Crippen molar-refractivity contribution in [3.8, 4) is 5.75 Å². The molecule has 1 N–H and O–H groups in total. The molecule has 0 saturated heterocycles. The van der Waals surface area contributed by atoms with Crippen LogP contribution in [0.4, 0.5) is 5.69 Å². The van der Waals surface area contributed by atoms with Gasteiger partial charge in [0.2, 0.25) is 11.7 Å². The topological polar surface area (TPSA) is 117 Å². The third-order valence-electron chi connectivity index (χ3n) is 5.91. The van der Waals surface area contributed by atoms with E-state index in [-0.39, 0.29) is 11.7 Å². The van der Waals surface area contributed by atoms with Crippen molar-refractivity contribution in [3.63, 3.8) is 0 Å². The number of fused-ring (bicyclic) bond motifs is 3. The minimum absolute atomic E-state index is 0.0372. The molecule has 190 valence electrons. The highest BCUT2D eigenvalue weighted by Gasteiger charge is 2.24. The second kappa shape index (κ2) is 9.79. The molecule has 3 aromatic heterocycles. The summed E-state index contributed by atoms with van der Waals surface area (Å²) in [5.74, 6) is 0.850. The van der Waals surface area contributed by atoms with Crippen LogP contribution in [0.5, 0.6) is 5.75 Å². The number of hydrogen-bond acceptors (Lipinski definition) is 7. The molecule has 0 aliphatic heterocycles. The standard InChI is InChI=1S/C24H22ClN7O4S/c1-29-20-19(21(34)30(2)24(29)35)31(12-14-4-6-15(25)7-5-14)22-27-28-23(32(20)22)37-13-18(33)26-16-8-10-17(36-3)11-9-16/h4-11H,12-13H2,1-3H3,(H,26,33). The summed E-state index contributed by atoms with van der Waals surface area (Å²) in [6, 6.07) is 14.2. The number of ether oxygens (including phenoxy) is 1. The first-order valence-electron chi connectivity index (χ1n) is 11.1. The molecule has 1 amide bonds. The Morgan fingerprint density at radius 2 is 1.73 bits per heavy atom. The van der Waals surface area contributed by atoms with Crippen LogP contribution in [0.2, 0.25) is 5.02 Å². The number of carbonyl (C=O) groups is 1. The zero-order valence-corrected chi connectivity index (χ0v) is 21.7. The number of amides is 1. The number of hydrogen-bond donors (Lipinski definition) is 1. The van der Waals surface area contributed by atoms with Gasteiger partial charge < -0.3 is 10.1 Å². The number of aryl methyl sites for hydroxylation is 1. The molecule has 0 bridgehead atoms. The number of carbonyl (C=O) groups excluding carboxylic acids is 1. The predicted molar refractivity (Wildman–Crippen MR) is 142 cm³/mol. The molecule has 5 rings (SSSR count). The second-order valence-corrected chi connectivity index (χ2v) is 9.65. The van der Waals surface area contributed by atoms with E-state index in [1.54, 1.807) is 59.5 Å². The third-order valence-corrected chi connectivity index (χ3v) is 7.09. The summed E-state index contributed by atoms with van der Waals surface area (Å²) in [5.41, 5.74) is 1.23. The first-order chi connectivity index (χ1) is 17.8. The second-order valence-electron chi connectivity index (χ2n) is 8.27. The Hall–Kier alpha value is -4.03. The minimum Gasteiger partial charge on any atom is -0.497 e. The van der Waals surface area contributed by atoms with E-state index in [2.05, 4.69) is 15.5 Å². The lowest BCUT2D eigenvalue weighted by Gasteiger charge is -2.08. The number of thioether (sulfide) groups is 1. The van der Waals surface area contributed by atoms with Crippen molar-refractivity contribution >= 4 is 51.9 Å². The maximum atomic E-state index is 13.2. The van der Waals surface area contributed by atoms with E-state index in [0.29, 0.717) is 45.1 Å². The fourth-order valence-electron chi connectivity index (χ4n) is 4.05. The maximum absolute atomic E-state index is 13.2. The van der Waals surface area contributed by atoms with Crippen LogP contribution in [-0.4, -0.2) is 47.1 Å². The van der Waals surface area contributed by atoms with Crippen LogP contribution in [-0.2, 0) is 25.4 Å². The first kappa shape index (κ1) is 24.7. The van der Waals surface area contributed by atoms with E-state index >= 15 is 0 Å². The average molecular weight is 540 g/mol. The van der Waals surface area contributed by atoms with Gasteiger partial charge >= 0.3 is 5.69 Å². The molecular weight excluding hydrogens is 518 g/mol. The Morgan fingerprint density at radius 3 is 2.41 bits per heavy atom. The molecule has 11 nitrogen and oxygen atoms in total. The molecule has 0 atom stereocenters. The Bertz CT molecular complexity index is 1750. The number of aromatic nitrogens is 6. The molecule has 37 heavy (non-hydrogen) atoms. The highest BCUT2D eigenvalue weighted by Crippen LogP contribution is 2.25. The molecule has 0 aliphatic rings. The fraction of sp³-hybridized carbons (Fsp3) is 0.208. The van der Waals surface area contributed by atoms with Crippen LogP contribution >= 0.6 is 23.4 Å². The quantitative estimate of drug-likeness (QED) is 0.316. The largest absolute Gasteiger partial charge is 0.497 e. The fourth-order valence-corrected chi connectivity index (χ4v) is 4.90. The van der Waals surface area contributed by atoms with E-state index in [1.165, 1.54) is 11.6 Å². The van der Waals surface area contributed by atoms with Gasteiger partial charge in [0.1, 0.15) is 5.75 Å². The summed E-state index contributed by atoms with van der Waals surface area (Å²) in [5, 5.41) is 12.4. The molecule has 0 fully saturated rings. The highest BCUT2D eigenvalue weighted by molar-refractivity contribution is 7.99. The van der Waals surface area contributed by atoms with E-state index in [1.807, 2.05) is 12.1 Å². The van der Waals surface area contributed by atoms with Crippen LogP contribution in [0.25, 0.3) is 16.9 Å². The monoisotopic (exact) mass is 539 g/mol. The van der Waals surface area contributed by atoms with Gasteiger partial charge in [0.05, 0.1) is 19.4 Å². The van der Waals surface area contributed by atoms with Gasteiger partial charge in [0.25, 0.3) is 5.56 Å². The van der Waals surface area contributed by atoms with Gasteiger partial charge in [0, 0.05) is 24.8 Å². The Labute approximate surface area is 219 Å². The number of nitrogens with zero attached hydrogens (tertiary/aromatic N) is 6. The molecule has 3 heterocycles. The number of anilines is 1. The van der Waals surface area contributed by atoms with E-state index < -0.39 is 11.2 Å². The molecule has 0 radical (unpaired) electrons. The average Bonchev–Trinajstić information content (AvgIpc) is 3.45. The van der Waals surface area contributed by atoms with Gasteiger partial charge in [-0.3, -0.25) is 23.3 Å². The van der Waals surface area contributed by atoms with Gasteiger partial charge in [-0.1, -0.05) is 35.5 Å². The van der Waals surface area contributed by atoms with Gasteiger partial charge in [-0.2, -0.15) is 0 Å². The molecule has 0 saturated carbocycles. The minimum atomic E-state index is -0.482. The summed E-state index contributed by atoms with van der Waals surface area (Å²) >= 11 is 7.18.